The van der Waals surface area contributed by atoms with Gasteiger partial charge in [0.2, 0.25) is 5.91 Å². The molecule has 6 nitrogen and oxygen atoms in total. The zero-order valence-corrected chi connectivity index (χ0v) is 19.9. The number of aryl methyl sites for hydroxylation is 1. The van der Waals surface area contributed by atoms with Gasteiger partial charge in [0.25, 0.3) is 5.91 Å². The fraction of sp³-hybridized carbons (Fsp3) is 0.500. The summed E-state index contributed by atoms with van der Waals surface area (Å²) in [6.07, 6.45) is 3.47. The second-order valence-electron chi connectivity index (χ2n) is 10.3. The first-order chi connectivity index (χ1) is 15.6. The third kappa shape index (κ3) is 5.41. The molecule has 2 aliphatic rings. The standard InChI is InChI=1S/C26H33FN4O2/c1-17-5-6-19(15-28-17)24(32)29-23-12-22(27)11-20(18(23)2)16-30-7-9-31(10-8-30)25(33)21-13-26(3,4)14-21/h5-6,11-12,15,21H,7-10,13-14,16H2,1-4H3,(H,29,32). The van der Waals surface area contributed by atoms with E-state index in [9.17, 15) is 14.0 Å². The monoisotopic (exact) mass is 452 g/mol. The van der Waals surface area contributed by atoms with E-state index in [4.69, 9.17) is 0 Å². The summed E-state index contributed by atoms with van der Waals surface area (Å²) in [7, 11) is 0. The van der Waals surface area contributed by atoms with Gasteiger partial charge in [-0.05, 0) is 67.5 Å². The average molecular weight is 453 g/mol. The minimum Gasteiger partial charge on any atom is -0.340 e. The number of anilines is 1. The number of amides is 2. The second-order valence-corrected chi connectivity index (χ2v) is 10.3. The molecule has 1 aliphatic carbocycles. The van der Waals surface area contributed by atoms with Crippen molar-refractivity contribution in [2.24, 2.45) is 11.3 Å². The lowest BCUT2D eigenvalue weighted by molar-refractivity contribution is -0.144. The Morgan fingerprint density at radius 1 is 1.12 bits per heavy atom. The van der Waals surface area contributed by atoms with Crippen LogP contribution in [0, 0.1) is 31.0 Å². The predicted molar refractivity (Wildman–Crippen MR) is 126 cm³/mol. The number of piperazine rings is 1. The van der Waals surface area contributed by atoms with E-state index in [0.29, 0.717) is 36.3 Å². The molecule has 1 aliphatic heterocycles. The molecular formula is C26H33FN4O2. The number of carbonyl (C=O) groups is 2. The number of carbonyl (C=O) groups excluding carboxylic acids is 2. The van der Waals surface area contributed by atoms with Crippen LogP contribution in [0.25, 0.3) is 0 Å². The van der Waals surface area contributed by atoms with E-state index in [1.807, 2.05) is 18.7 Å². The zero-order chi connectivity index (χ0) is 23.8. The van der Waals surface area contributed by atoms with Gasteiger partial charge in [0.1, 0.15) is 5.82 Å². The molecule has 0 radical (unpaired) electrons. The van der Waals surface area contributed by atoms with Crippen LogP contribution in [0.5, 0.6) is 0 Å². The van der Waals surface area contributed by atoms with Crippen LogP contribution in [0.2, 0.25) is 0 Å². The quantitative estimate of drug-likeness (QED) is 0.740. The molecule has 1 aromatic carbocycles. The third-order valence-corrected chi connectivity index (χ3v) is 6.93. The number of hydrogen-bond acceptors (Lipinski definition) is 4. The molecule has 1 saturated carbocycles. The lowest BCUT2D eigenvalue weighted by atomic mass is 9.64. The molecule has 2 amide bonds. The molecule has 1 saturated heterocycles. The van der Waals surface area contributed by atoms with Gasteiger partial charge in [-0.2, -0.15) is 0 Å². The normalized spacial score (nSPS) is 18.6. The number of aromatic nitrogens is 1. The van der Waals surface area contributed by atoms with Crippen LogP contribution in [-0.2, 0) is 11.3 Å². The molecule has 2 aromatic rings. The maximum absolute atomic E-state index is 14.4. The van der Waals surface area contributed by atoms with Gasteiger partial charge in [-0.1, -0.05) is 13.8 Å². The Morgan fingerprint density at radius 3 is 2.42 bits per heavy atom. The summed E-state index contributed by atoms with van der Waals surface area (Å²) in [4.78, 5) is 33.7. The SMILES string of the molecule is Cc1ccc(C(=O)Nc2cc(F)cc(CN3CCN(C(=O)C4CC(C)(C)C4)CC3)c2C)cn1. The van der Waals surface area contributed by atoms with Crippen LogP contribution < -0.4 is 5.32 Å². The van der Waals surface area contributed by atoms with Gasteiger partial charge in [0.05, 0.1) is 5.56 Å². The van der Waals surface area contributed by atoms with E-state index >= 15 is 0 Å². The van der Waals surface area contributed by atoms with Crippen molar-refractivity contribution in [3.8, 4) is 0 Å². The fourth-order valence-electron chi connectivity index (χ4n) is 4.90. The molecule has 0 unspecified atom stereocenters. The van der Waals surface area contributed by atoms with Gasteiger partial charge in [-0.3, -0.25) is 19.5 Å². The molecule has 0 spiro atoms. The molecule has 7 heteroatoms. The summed E-state index contributed by atoms with van der Waals surface area (Å²) < 4.78 is 14.4. The molecule has 1 N–H and O–H groups in total. The van der Waals surface area contributed by atoms with E-state index in [2.05, 4.69) is 29.0 Å². The number of halogens is 1. The van der Waals surface area contributed by atoms with Crippen LogP contribution in [0.3, 0.4) is 0 Å². The van der Waals surface area contributed by atoms with Gasteiger partial charge in [-0.25, -0.2) is 4.39 Å². The molecule has 33 heavy (non-hydrogen) atoms. The van der Waals surface area contributed by atoms with E-state index < -0.39 is 0 Å². The first kappa shape index (κ1) is 23.4. The molecule has 2 heterocycles. The molecular weight excluding hydrogens is 419 g/mol. The van der Waals surface area contributed by atoms with Gasteiger partial charge in [0.15, 0.2) is 0 Å². The average Bonchev–Trinajstić information content (AvgIpc) is 2.75. The summed E-state index contributed by atoms with van der Waals surface area (Å²) in [5.74, 6) is -0.235. The number of nitrogens with zero attached hydrogens (tertiary/aromatic N) is 3. The van der Waals surface area contributed by atoms with Crippen molar-refractivity contribution in [1.29, 1.82) is 0 Å². The van der Waals surface area contributed by atoms with Crippen molar-refractivity contribution in [3.63, 3.8) is 0 Å². The summed E-state index contributed by atoms with van der Waals surface area (Å²) >= 11 is 0. The Hall–Kier alpha value is -2.80. The summed E-state index contributed by atoms with van der Waals surface area (Å²) in [6, 6.07) is 6.37. The highest BCUT2D eigenvalue weighted by Gasteiger charge is 2.42. The lowest BCUT2D eigenvalue weighted by Crippen LogP contribution is -2.52. The van der Waals surface area contributed by atoms with E-state index in [0.717, 1.165) is 42.8 Å². The molecule has 176 valence electrons. The smallest absolute Gasteiger partial charge is 0.257 e. The number of benzene rings is 1. The molecule has 2 fully saturated rings. The van der Waals surface area contributed by atoms with Gasteiger partial charge >= 0.3 is 0 Å². The maximum atomic E-state index is 14.4. The Kier molecular flexibility index (Phi) is 6.52. The number of rotatable bonds is 5. The van der Waals surface area contributed by atoms with Gasteiger partial charge in [-0.15, -0.1) is 0 Å². The predicted octanol–water partition coefficient (Wildman–Crippen LogP) is 4.17. The van der Waals surface area contributed by atoms with E-state index in [1.54, 1.807) is 12.1 Å². The fourth-order valence-corrected chi connectivity index (χ4v) is 4.90. The number of pyridine rings is 1. The third-order valence-electron chi connectivity index (χ3n) is 6.93. The van der Waals surface area contributed by atoms with Crippen molar-refractivity contribution in [1.82, 2.24) is 14.8 Å². The molecule has 1 aromatic heterocycles. The van der Waals surface area contributed by atoms with Gasteiger partial charge in [0, 0.05) is 56.2 Å². The largest absolute Gasteiger partial charge is 0.340 e. The van der Waals surface area contributed by atoms with Crippen LogP contribution in [0.15, 0.2) is 30.5 Å². The van der Waals surface area contributed by atoms with Crippen LogP contribution >= 0.6 is 0 Å². The molecule has 0 bridgehead atoms. The first-order valence-electron chi connectivity index (χ1n) is 11.7. The van der Waals surface area contributed by atoms with Crippen molar-refractivity contribution in [3.05, 3.63) is 58.7 Å². The lowest BCUT2D eigenvalue weighted by Gasteiger charge is -2.45. The van der Waals surface area contributed by atoms with E-state index in [-0.39, 0.29) is 23.5 Å². The Morgan fingerprint density at radius 2 is 1.82 bits per heavy atom. The minimum atomic E-state index is -0.380. The number of hydrogen-bond donors (Lipinski definition) is 1. The van der Waals surface area contributed by atoms with Crippen LogP contribution in [-0.4, -0.2) is 52.8 Å². The van der Waals surface area contributed by atoms with E-state index in [1.165, 1.54) is 18.3 Å². The first-order valence-corrected chi connectivity index (χ1v) is 11.7. The Balaban J connectivity index is 1.37. The Bertz CT molecular complexity index is 1040. The van der Waals surface area contributed by atoms with Crippen molar-refractivity contribution < 1.29 is 14.0 Å². The van der Waals surface area contributed by atoms with Gasteiger partial charge < -0.3 is 10.2 Å². The zero-order valence-electron chi connectivity index (χ0n) is 19.9. The second kappa shape index (κ2) is 9.21. The maximum Gasteiger partial charge on any atom is 0.257 e. The van der Waals surface area contributed by atoms with Crippen molar-refractivity contribution in [2.75, 3.05) is 31.5 Å². The summed E-state index contributed by atoms with van der Waals surface area (Å²) in [5.41, 5.74) is 3.71. The number of nitrogens with one attached hydrogen (secondary N) is 1. The highest BCUT2D eigenvalue weighted by Crippen LogP contribution is 2.45. The summed E-state index contributed by atoms with van der Waals surface area (Å²) in [5, 5.41) is 2.83. The highest BCUT2D eigenvalue weighted by molar-refractivity contribution is 6.04. The van der Waals surface area contributed by atoms with Crippen LogP contribution in [0.1, 0.15) is 53.9 Å². The minimum absolute atomic E-state index is 0.173. The summed E-state index contributed by atoms with van der Waals surface area (Å²) in [6.45, 7) is 11.7. The van der Waals surface area contributed by atoms with Crippen molar-refractivity contribution in [2.45, 2.75) is 47.1 Å². The Labute approximate surface area is 195 Å². The topological polar surface area (TPSA) is 65.5 Å². The molecule has 0 atom stereocenters. The molecule has 4 rings (SSSR count). The van der Waals surface area contributed by atoms with Crippen molar-refractivity contribution >= 4 is 17.5 Å². The van der Waals surface area contributed by atoms with Crippen LogP contribution in [0.4, 0.5) is 10.1 Å². The highest BCUT2D eigenvalue weighted by atomic mass is 19.1.